The molecule has 2 aromatic carbocycles. The standard InChI is InChI=1S/C19H17F3N4/c1-13-2-4-14(5-3-13)11-23-17-10-18(25-12-24-17)26-16-8-6-15(7-9-16)19(20,21)22/h2-10,12H,11H2,1H3,(H2,23,24,25,26). The minimum Gasteiger partial charge on any atom is -0.366 e. The summed E-state index contributed by atoms with van der Waals surface area (Å²) in [4.78, 5) is 8.24. The van der Waals surface area contributed by atoms with Gasteiger partial charge in [-0.05, 0) is 36.8 Å². The number of hydrogen-bond acceptors (Lipinski definition) is 4. The predicted molar refractivity (Wildman–Crippen MR) is 95.3 cm³/mol. The topological polar surface area (TPSA) is 49.8 Å². The molecular formula is C19H17F3N4. The summed E-state index contributed by atoms with van der Waals surface area (Å²) in [6, 6.07) is 14.6. The highest BCUT2D eigenvalue weighted by Gasteiger charge is 2.29. The first kappa shape index (κ1) is 17.7. The smallest absolute Gasteiger partial charge is 0.366 e. The molecule has 0 bridgehead atoms. The second kappa shape index (κ2) is 7.43. The Bertz CT molecular complexity index is 859. The Kier molecular flexibility index (Phi) is 5.06. The minimum absolute atomic E-state index is 0.492. The lowest BCUT2D eigenvalue weighted by molar-refractivity contribution is -0.137. The summed E-state index contributed by atoms with van der Waals surface area (Å²) in [6.07, 6.45) is -2.95. The van der Waals surface area contributed by atoms with Crippen molar-refractivity contribution in [2.75, 3.05) is 10.6 Å². The van der Waals surface area contributed by atoms with Crippen molar-refractivity contribution >= 4 is 17.3 Å². The average molecular weight is 358 g/mol. The van der Waals surface area contributed by atoms with Gasteiger partial charge in [-0.3, -0.25) is 0 Å². The van der Waals surface area contributed by atoms with E-state index in [1.165, 1.54) is 24.0 Å². The van der Waals surface area contributed by atoms with Crippen LogP contribution in [-0.2, 0) is 12.7 Å². The normalized spacial score (nSPS) is 11.2. The molecule has 2 N–H and O–H groups in total. The summed E-state index contributed by atoms with van der Waals surface area (Å²) in [7, 11) is 0. The van der Waals surface area contributed by atoms with Crippen LogP contribution in [-0.4, -0.2) is 9.97 Å². The van der Waals surface area contributed by atoms with Gasteiger partial charge in [-0.15, -0.1) is 0 Å². The molecule has 0 aliphatic rings. The summed E-state index contributed by atoms with van der Waals surface area (Å²) in [6.45, 7) is 2.64. The second-order valence-corrected chi connectivity index (χ2v) is 5.83. The minimum atomic E-state index is -4.35. The first-order valence-electron chi connectivity index (χ1n) is 7.96. The van der Waals surface area contributed by atoms with E-state index in [2.05, 4.69) is 20.6 Å². The van der Waals surface area contributed by atoms with Crippen molar-refractivity contribution in [3.63, 3.8) is 0 Å². The van der Waals surface area contributed by atoms with Crippen LogP contribution in [0.3, 0.4) is 0 Å². The highest BCUT2D eigenvalue weighted by Crippen LogP contribution is 2.30. The van der Waals surface area contributed by atoms with E-state index in [0.29, 0.717) is 23.9 Å². The van der Waals surface area contributed by atoms with Gasteiger partial charge in [0, 0.05) is 18.3 Å². The molecule has 4 nitrogen and oxygen atoms in total. The number of hydrogen-bond donors (Lipinski definition) is 2. The summed E-state index contributed by atoms with van der Waals surface area (Å²) < 4.78 is 37.8. The van der Waals surface area contributed by atoms with E-state index >= 15 is 0 Å². The van der Waals surface area contributed by atoms with E-state index in [9.17, 15) is 13.2 Å². The van der Waals surface area contributed by atoms with E-state index in [0.717, 1.165) is 17.7 Å². The van der Waals surface area contributed by atoms with Gasteiger partial charge >= 0.3 is 6.18 Å². The number of nitrogens with zero attached hydrogens (tertiary/aromatic N) is 2. The number of alkyl halides is 3. The van der Waals surface area contributed by atoms with Crippen molar-refractivity contribution < 1.29 is 13.2 Å². The van der Waals surface area contributed by atoms with Gasteiger partial charge in [-0.2, -0.15) is 13.2 Å². The van der Waals surface area contributed by atoms with Gasteiger partial charge < -0.3 is 10.6 Å². The van der Waals surface area contributed by atoms with Crippen molar-refractivity contribution in [2.45, 2.75) is 19.6 Å². The fourth-order valence-corrected chi connectivity index (χ4v) is 2.31. The molecule has 0 saturated carbocycles. The number of aromatic nitrogens is 2. The van der Waals surface area contributed by atoms with Crippen LogP contribution in [0.15, 0.2) is 60.9 Å². The van der Waals surface area contributed by atoms with Gasteiger partial charge in [-0.25, -0.2) is 9.97 Å². The molecule has 0 unspecified atom stereocenters. The number of aryl methyl sites for hydroxylation is 1. The molecule has 0 aliphatic heterocycles. The van der Waals surface area contributed by atoms with Crippen LogP contribution in [0.2, 0.25) is 0 Å². The lowest BCUT2D eigenvalue weighted by atomic mass is 10.1. The van der Waals surface area contributed by atoms with Crippen LogP contribution in [0, 0.1) is 6.92 Å². The zero-order valence-electron chi connectivity index (χ0n) is 14.0. The van der Waals surface area contributed by atoms with Gasteiger partial charge in [-0.1, -0.05) is 29.8 Å². The lowest BCUT2D eigenvalue weighted by Crippen LogP contribution is -2.05. The zero-order valence-corrected chi connectivity index (χ0v) is 14.0. The average Bonchev–Trinajstić information content (AvgIpc) is 2.61. The number of rotatable bonds is 5. The molecule has 7 heteroatoms. The maximum absolute atomic E-state index is 12.6. The van der Waals surface area contributed by atoms with E-state index in [4.69, 9.17) is 0 Å². The molecule has 134 valence electrons. The summed E-state index contributed by atoms with van der Waals surface area (Å²) in [5.41, 5.74) is 2.14. The first-order chi connectivity index (χ1) is 12.4. The Labute approximate surface area is 149 Å². The molecule has 0 saturated heterocycles. The predicted octanol–water partition coefficient (Wildman–Crippen LogP) is 5.16. The summed E-state index contributed by atoms with van der Waals surface area (Å²) in [5.74, 6) is 1.11. The number of benzene rings is 2. The maximum Gasteiger partial charge on any atom is 0.416 e. The van der Waals surface area contributed by atoms with E-state index in [-0.39, 0.29) is 0 Å². The Morgan fingerprint density at radius 3 is 2.19 bits per heavy atom. The highest BCUT2D eigenvalue weighted by molar-refractivity contribution is 5.59. The fourth-order valence-electron chi connectivity index (χ4n) is 2.31. The van der Waals surface area contributed by atoms with Gasteiger partial charge in [0.1, 0.15) is 18.0 Å². The van der Waals surface area contributed by atoms with Gasteiger partial charge in [0.2, 0.25) is 0 Å². The monoisotopic (exact) mass is 358 g/mol. The zero-order chi connectivity index (χ0) is 18.6. The van der Waals surface area contributed by atoms with Crippen LogP contribution in [0.25, 0.3) is 0 Å². The van der Waals surface area contributed by atoms with Gasteiger partial charge in [0.05, 0.1) is 5.56 Å². The fraction of sp³-hybridized carbons (Fsp3) is 0.158. The SMILES string of the molecule is Cc1ccc(CNc2cc(Nc3ccc(C(F)(F)F)cc3)ncn2)cc1. The molecule has 0 radical (unpaired) electrons. The Hall–Kier alpha value is -3.09. The second-order valence-electron chi connectivity index (χ2n) is 5.83. The number of nitrogens with one attached hydrogen (secondary N) is 2. The lowest BCUT2D eigenvalue weighted by Gasteiger charge is -2.10. The molecule has 0 amide bonds. The van der Waals surface area contributed by atoms with Gasteiger partial charge in [0.15, 0.2) is 0 Å². The van der Waals surface area contributed by atoms with Crippen LogP contribution in [0.4, 0.5) is 30.5 Å². The third kappa shape index (κ3) is 4.72. The van der Waals surface area contributed by atoms with Crippen LogP contribution in [0.5, 0.6) is 0 Å². The maximum atomic E-state index is 12.6. The first-order valence-corrected chi connectivity index (χ1v) is 7.96. The molecule has 1 heterocycles. The largest absolute Gasteiger partial charge is 0.416 e. The van der Waals surface area contributed by atoms with Crippen LogP contribution < -0.4 is 10.6 Å². The summed E-state index contributed by atoms with van der Waals surface area (Å²) in [5, 5.41) is 6.17. The molecule has 26 heavy (non-hydrogen) atoms. The molecule has 0 atom stereocenters. The van der Waals surface area contributed by atoms with E-state index in [1.54, 1.807) is 6.07 Å². The van der Waals surface area contributed by atoms with Crippen molar-refractivity contribution in [3.8, 4) is 0 Å². The summed E-state index contributed by atoms with van der Waals surface area (Å²) >= 11 is 0. The van der Waals surface area contributed by atoms with E-state index in [1.807, 2.05) is 31.2 Å². The number of anilines is 3. The quantitative estimate of drug-likeness (QED) is 0.661. The van der Waals surface area contributed by atoms with Crippen molar-refractivity contribution in [1.29, 1.82) is 0 Å². The van der Waals surface area contributed by atoms with Crippen molar-refractivity contribution in [1.82, 2.24) is 9.97 Å². The molecule has 0 fully saturated rings. The molecule has 0 aliphatic carbocycles. The molecule has 3 aromatic rings. The Morgan fingerprint density at radius 1 is 0.885 bits per heavy atom. The molecular weight excluding hydrogens is 341 g/mol. The highest BCUT2D eigenvalue weighted by atomic mass is 19.4. The van der Waals surface area contributed by atoms with Crippen LogP contribution in [0.1, 0.15) is 16.7 Å². The van der Waals surface area contributed by atoms with Crippen molar-refractivity contribution in [2.24, 2.45) is 0 Å². The third-order valence-electron chi connectivity index (χ3n) is 3.75. The molecule has 3 rings (SSSR count). The Morgan fingerprint density at radius 2 is 1.54 bits per heavy atom. The van der Waals surface area contributed by atoms with Gasteiger partial charge in [0.25, 0.3) is 0 Å². The Balaban J connectivity index is 1.64. The molecule has 0 spiro atoms. The number of halogens is 3. The van der Waals surface area contributed by atoms with Crippen LogP contribution >= 0.6 is 0 Å². The van der Waals surface area contributed by atoms with Crippen molar-refractivity contribution in [3.05, 3.63) is 77.6 Å². The third-order valence-corrected chi connectivity index (χ3v) is 3.75. The van der Waals surface area contributed by atoms with E-state index < -0.39 is 11.7 Å². The molecule has 1 aromatic heterocycles.